The normalized spacial score (nSPS) is 15.8. The van der Waals surface area contributed by atoms with E-state index in [1.165, 1.54) is 0 Å². The molecule has 2 aromatic carbocycles. The highest BCUT2D eigenvalue weighted by atomic mass is 16.3. The van der Waals surface area contributed by atoms with Crippen LogP contribution in [0.15, 0.2) is 48.5 Å². The van der Waals surface area contributed by atoms with E-state index in [2.05, 4.69) is 0 Å². The molecule has 5 rings (SSSR count). The molecule has 29 heavy (non-hydrogen) atoms. The first-order valence-electron chi connectivity index (χ1n) is 10.1. The minimum Gasteiger partial charge on any atom is -0.508 e. The summed E-state index contributed by atoms with van der Waals surface area (Å²) >= 11 is 0. The first-order valence-corrected chi connectivity index (χ1v) is 10.1. The number of nitrogens with zero attached hydrogens (tertiary/aromatic N) is 3. The molecule has 1 saturated carbocycles. The maximum Gasteiger partial charge on any atom is 0.254 e. The van der Waals surface area contributed by atoms with Gasteiger partial charge in [-0.3, -0.25) is 4.79 Å². The lowest BCUT2D eigenvalue weighted by Gasteiger charge is -2.30. The van der Waals surface area contributed by atoms with E-state index >= 15 is 0 Å². The summed E-state index contributed by atoms with van der Waals surface area (Å²) in [6.07, 6.45) is 3.03. The molecular weight excluding hydrogens is 362 g/mol. The molecule has 3 aromatic rings. The van der Waals surface area contributed by atoms with Crippen LogP contribution in [-0.4, -0.2) is 32.4 Å². The van der Waals surface area contributed by atoms with Crippen molar-refractivity contribution in [3.8, 4) is 17.0 Å². The van der Waals surface area contributed by atoms with Crippen LogP contribution >= 0.6 is 0 Å². The number of benzene rings is 2. The number of rotatable bonds is 3. The average Bonchev–Trinajstić information content (AvgIpc) is 3.58. The molecule has 146 valence electrons. The van der Waals surface area contributed by atoms with Crippen LogP contribution in [0.25, 0.3) is 11.3 Å². The molecule has 5 heteroatoms. The Morgan fingerprint density at radius 2 is 1.83 bits per heavy atom. The number of aryl methyl sites for hydroxylation is 1. The van der Waals surface area contributed by atoms with Gasteiger partial charge in [-0.05, 0) is 55.7 Å². The van der Waals surface area contributed by atoms with Crippen molar-refractivity contribution in [1.82, 2.24) is 14.9 Å². The van der Waals surface area contributed by atoms with E-state index in [-0.39, 0.29) is 11.7 Å². The van der Waals surface area contributed by atoms with Gasteiger partial charge in [0.2, 0.25) is 0 Å². The number of aromatic nitrogens is 2. The lowest BCUT2D eigenvalue weighted by molar-refractivity contribution is 0.0733. The molecule has 0 unspecified atom stereocenters. The predicted molar refractivity (Wildman–Crippen MR) is 111 cm³/mol. The zero-order chi connectivity index (χ0) is 20.0. The summed E-state index contributed by atoms with van der Waals surface area (Å²) < 4.78 is 0. The van der Waals surface area contributed by atoms with Crippen LogP contribution in [0.2, 0.25) is 0 Å². The molecule has 0 saturated heterocycles. The minimum atomic E-state index is 0.0525. The third kappa shape index (κ3) is 3.37. The van der Waals surface area contributed by atoms with Crippen LogP contribution in [0.3, 0.4) is 0 Å². The number of phenols is 1. The van der Waals surface area contributed by atoms with Crippen LogP contribution in [0.4, 0.5) is 0 Å². The fourth-order valence-electron chi connectivity index (χ4n) is 3.97. The Kier molecular flexibility index (Phi) is 4.31. The van der Waals surface area contributed by atoms with Gasteiger partial charge in [-0.1, -0.05) is 18.2 Å². The van der Waals surface area contributed by atoms with Gasteiger partial charge in [0.25, 0.3) is 5.91 Å². The van der Waals surface area contributed by atoms with Crippen LogP contribution in [-0.2, 0) is 13.0 Å². The van der Waals surface area contributed by atoms with Crippen molar-refractivity contribution in [1.29, 1.82) is 0 Å². The summed E-state index contributed by atoms with van der Waals surface area (Å²) in [5.74, 6) is 1.67. The number of hydrogen-bond donors (Lipinski definition) is 1. The van der Waals surface area contributed by atoms with E-state index in [4.69, 9.17) is 9.97 Å². The van der Waals surface area contributed by atoms with E-state index < -0.39 is 0 Å². The highest BCUT2D eigenvalue weighted by Gasteiger charge is 2.31. The summed E-state index contributed by atoms with van der Waals surface area (Å²) in [5, 5.41) is 9.68. The number of amides is 1. The molecule has 1 aromatic heterocycles. The van der Waals surface area contributed by atoms with Gasteiger partial charge in [-0.2, -0.15) is 0 Å². The van der Waals surface area contributed by atoms with Gasteiger partial charge in [-0.15, -0.1) is 0 Å². The number of carbonyl (C=O) groups is 1. The largest absolute Gasteiger partial charge is 0.508 e. The fraction of sp³-hybridized carbons (Fsp3) is 0.292. The van der Waals surface area contributed by atoms with Gasteiger partial charge in [0.15, 0.2) is 0 Å². The van der Waals surface area contributed by atoms with E-state index in [1.54, 1.807) is 12.1 Å². The van der Waals surface area contributed by atoms with E-state index in [0.29, 0.717) is 19.0 Å². The zero-order valence-corrected chi connectivity index (χ0v) is 16.4. The van der Waals surface area contributed by atoms with Crippen LogP contribution in [0.1, 0.15) is 51.8 Å². The lowest BCUT2D eigenvalue weighted by atomic mass is 9.97. The highest BCUT2D eigenvalue weighted by Crippen LogP contribution is 2.40. The summed E-state index contributed by atoms with van der Waals surface area (Å²) in [7, 11) is 0. The molecule has 1 amide bonds. The van der Waals surface area contributed by atoms with Gasteiger partial charge in [0, 0.05) is 42.1 Å². The molecule has 2 aliphatic rings. The Labute approximate surface area is 170 Å². The number of aromatic hydroxyl groups is 1. The average molecular weight is 385 g/mol. The molecule has 1 aliphatic heterocycles. The molecule has 0 spiro atoms. The molecular formula is C24H23N3O2. The standard InChI is InChI=1S/C24H23N3O2/c1-15-4-2-3-5-19(15)24(29)27-13-12-21-20(14-27)22(16-8-10-18(28)11-9-16)26-23(25-21)17-6-7-17/h2-5,8-11,17,28H,6-7,12-14H2,1H3. The quantitative estimate of drug-likeness (QED) is 0.733. The van der Waals surface area contributed by atoms with Gasteiger partial charge in [0.1, 0.15) is 11.6 Å². The molecule has 1 N–H and O–H groups in total. The third-order valence-corrected chi connectivity index (χ3v) is 5.82. The molecule has 5 nitrogen and oxygen atoms in total. The second-order valence-corrected chi connectivity index (χ2v) is 7.97. The summed E-state index contributed by atoms with van der Waals surface area (Å²) in [5.41, 5.74) is 5.65. The Bertz CT molecular complexity index is 1090. The summed E-state index contributed by atoms with van der Waals surface area (Å²) in [6, 6.07) is 14.9. The Morgan fingerprint density at radius 1 is 1.07 bits per heavy atom. The molecule has 0 radical (unpaired) electrons. The van der Waals surface area contributed by atoms with Crippen LogP contribution in [0, 0.1) is 6.92 Å². The van der Waals surface area contributed by atoms with Crippen molar-refractivity contribution in [3.63, 3.8) is 0 Å². The molecule has 0 bridgehead atoms. The molecule has 2 heterocycles. The zero-order valence-electron chi connectivity index (χ0n) is 16.4. The maximum absolute atomic E-state index is 13.2. The van der Waals surface area contributed by atoms with Gasteiger partial charge in [0.05, 0.1) is 11.4 Å². The summed E-state index contributed by atoms with van der Waals surface area (Å²) in [4.78, 5) is 24.8. The van der Waals surface area contributed by atoms with Crippen molar-refractivity contribution in [2.45, 2.75) is 38.6 Å². The summed E-state index contributed by atoms with van der Waals surface area (Å²) in [6.45, 7) is 3.14. The molecule has 0 atom stereocenters. The SMILES string of the molecule is Cc1ccccc1C(=O)N1CCc2nc(C3CC3)nc(-c3ccc(O)cc3)c2C1. The van der Waals surface area contributed by atoms with Gasteiger partial charge in [-0.25, -0.2) is 9.97 Å². The first kappa shape index (κ1) is 17.9. The van der Waals surface area contributed by atoms with Crippen molar-refractivity contribution in [3.05, 3.63) is 76.7 Å². The second-order valence-electron chi connectivity index (χ2n) is 7.97. The smallest absolute Gasteiger partial charge is 0.254 e. The number of hydrogen-bond acceptors (Lipinski definition) is 4. The lowest BCUT2D eigenvalue weighted by Crippen LogP contribution is -2.37. The maximum atomic E-state index is 13.2. The van der Waals surface area contributed by atoms with Gasteiger partial charge < -0.3 is 10.0 Å². The van der Waals surface area contributed by atoms with E-state index in [0.717, 1.165) is 58.7 Å². The monoisotopic (exact) mass is 385 g/mol. The number of fused-ring (bicyclic) bond motifs is 1. The Morgan fingerprint density at radius 3 is 2.55 bits per heavy atom. The molecule has 1 fully saturated rings. The second kappa shape index (κ2) is 6.99. The first-order chi connectivity index (χ1) is 14.1. The number of carbonyl (C=O) groups excluding carboxylic acids is 1. The third-order valence-electron chi connectivity index (χ3n) is 5.82. The van der Waals surface area contributed by atoms with E-state index in [1.807, 2.05) is 48.2 Å². The fourth-order valence-corrected chi connectivity index (χ4v) is 3.97. The Hall–Kier alpha value is -3.21. The number of phenolic OH excluding ortho intramolecular Hbond substituents is 1. The van der Waals surface area contributed by atoms with Crippen molar-refractivity contribution >= 4 is 5.91 Å². The molecule has 1 aliphatic carbocycles. The van der Waals surface area contributed by atoms with Crippen molar-refractivity contribution in [2.75, 3.05) is 6.54 Å². The van der Waals surface area contributed by atoms with Gasteiger partial charge >= 0.3 is 0 Å². The van der Waals surface area contributed by atoms with E-state index in [9.17, 15) is 9.90 Å². The van der Waals surface area contributed by atoms with Crippen LogP contribution < -0.4 is 0 Å². The Balaban J connectivity index is 1.54. The minimum absolute atomic E-state index is 0.0525. The predicted octanol–water partition coefficient (Wildman–Crippen LogP) is 4.23. The highest BCUT2D eigenvalue weighted by molar-refractivity contribution is 5.95. The van der Waals surface area contributed by atoms with Crippen molar-refractivity contribution < 1.29 is 9.90 Å². The van der Waals surface area contributed by atoms with Crippen molar-refractivity contribution in [2.24, 2.45) is 0 Å². The van der Waals surface area contributed by atoms with Crippen LogP contribution in [0.5, 0.6) is 5.75 Å². The topological polar surface area (TPSA) is 66.3 Å².